The van der Waals surface area contributed by atoms with Crippen LogP contribution in [0.3, 0.4) is 0 Å². The molecule has 0 radical (unpaired) electrons. The van der Waals surface area contributed by atoms with E-state index in [0.717, 1.165) is 0 Å². The van der Waals surface area contributed by atoms with Gasteiger partial charge in [-0.1, -0.05) is 13.8 Å². The largest absolute Gasteiger partial charge is 0.463 e. The summed E-state index contributed by atoms with van der Waals surface area (Å²) in [5, 5.41) is 19.0. The number of amides is 1. The molecule has 1 unspecified atom stereocenters. The van der Waals surface area contributed by atoms with Crippen molar-refractivity contribution in [2.75, 3.05) is 6.54 Å². The highest BCUT2D eigenvalue weighted by atomic mass is 16.3. The van der Waals surface area contributed by atoms with Crippen LogP contribution in [0.2, 0.25) is 0 Å². The number of hydrogen-bond acceptors (Lipinski definition) is 4. The molecule has 6 heteroatoms. The summed E-state index contributed by atoms with van der Waals surface area (Å²) in [5.41, 5.74) is 0.798. The van der Waals surface area contributed by atoms with E-state index in [1.165, 1.54) is 0 Å². The van der Waals surface area contributed by atoms with Crippen LogP contribution in [0.4, 0.5) is 0 Å². The van der Waals surface area contributed by atoms with Crippen LogP contribution >= 0.6 is 0 Å². The summed E-state index contributed by atoms with van der Waals surface area (Å²) in [6.07, 6.45) is 1.79. The third-order valence-electron chi connectivity index (χ3n) is 3.17. The summed E-state index contributed by atoms with van der Waals surface area (Å²) in [7, 11) is 0. The maximum Gasteiger partial charge on any atom is 0.271 e. The number of aliphatic hydroxyl groups excluding tert-OH is 1. The van der Waals surface area contributed by atoms with Crippen LogP contribution in [0.25, 0.3) is 11.5 Å². The number of furan rings is 1. The molecular formula is C15H21N3O3. The molecule has 0 bridgehead atoms. The van der Waals surface area contributed by atoms with Crippen LogP contribution in [-0.4, -0.2) is 33.9 Å². The Morgan fingerprint density at radius 1 is 1.57 bits per heavy atom. The number of nitrogens with one attached hydrogen (secondary N) is 2. The molecule has 1 amide bonds. The van der Waals surface area contributed by atoms with Gasteiger partial charge in [0, 0.05) is 12.6 Å². The van der Waals surface area contributed by atoms with Crippen LogP contribution < -0.4 is 5.32 Å². The van der Waals surface area contributed by atoms with Crippen LogP contribution in [0, 0.1) is 5.41 Å². The minimum Gasteiger partial charge on any atom is -0.463 e. The molecule has 0 saturated heterocycles. The van der Waals surface area contributed by atoms with E-state index in [4.69, 9.17) is 4.42 Å². The van der Waals surface area contributed by atoms with Crippen molar-refractivity contribution in [3.8, 4) is 11.5 Å². The van der Waals surface area contributed by atoms with Crippen molar-refractivity contribution in [3.05, 3.63) is 30.2 Å². The second kappa shape index (κ2) is 6.13. The van der Waals surface area contributed by atoms with E-state index in [2.05, 4.69) is 15.5 Å². The Hall–Kier alpha value is -2.08. The van der Waals surface area contributed by atoms with E-state index in [1.54, 1.807) is 31.4 Å². The normalized spacial score (nSPS) is 13.1. The number of H-pyrrole nitrogens is 1. The lowest BCUT2D eigenvalue weighted by Crippen LogP contribution is -2.35. The number of rotatable bonds is 6. The molecule has 2 heterocycles. The van der Waals surface area contributed by atoms with Crippen LogP contribution in [0.1, 0.15) is 37.7 Å². The molecule has 2 aromatic rings. The smallest absolute Gasteiger partial charge is 0.271 e. The zero-order chi connectivity index (χ0) is 15.5. The molecule has 0 aliphatic rings. The molecule has 1 atom stereocenters. The molecule has 0 aliphatic heterocycles. The molecular weight excluding hydrogens is 270 g/mol. The van der Waals surface area contributed by atoms with Gasteiger partial charge in [-0.25, -0.2) is 0 Å². The highest BCUT2D eigenvalue weighted by Crippen LogP contribution is 2.21. The second-order valence-corrected chi connectivity index (χ2v) is 6.04. The lowest BCUT2D eigenvalue weighted by atomic mass is 9.87. The minimum absolute atomic E-state index is 0.177. The van der Waals surface area contributed by atoms with Crippen molar-refractivity contribution in [2.24, 2.45) is 5.41 Å². The Morgan fingerprint density at radius 2 is 2.33 bits per heavy atom. The van der Waals surface area contributed by atoms with E-state index in [9.17, 15) is 9.90 Å². The van der Waals surface area contributed by atoms with E-state index in [1.807, 2.05) is 13.8 Å². The molecule has 0 aromatic carbocycles. The van der Waals surface area contributed by atoms with Gasteiger partial charge in [-0.2, -0.15) is 5.10 Å². The van der Waals surface area contributed by atoms with Gasteiger partial charge in [-0.05, 0) is 30.9 Å². The van der Waals surface area contributed by atoms with Crippen molar-refractivity contribution < 1.29 is 14.3 Å². The average Bonchev–Trinajstić information content (AvgIpc) is 3.04. The maximum atomic E-state index is 12.1. The first-order valence-corrected chi connectivity index (χ1v) is 6.93. The number of hydrogen-bond donors (Lipinski definition) is 3. The van der Waals surface area contributed by atoms with Crippen molar-refractivity contribution in [2.45, 2.75) is 33.3 Å². The lowest BCUT2D eigenvalue weighted by Gasteiger charge is -2.26. The van der Waals surface area contributed by atoms with Crippen molar-refractivity contribution >= 4 is 5.91 Å². The third-order valence-corrected chi connectivity index (χ3v) is 3.17. The van der Waals surface area contributed by atoms with E-state index < -0.39 is 6.10 Å². The van der Waals surface area contributed by atoms with Crippen molar-refractivity contribution in [1.29, 1.82) is 0 Å². The van der Waals surface area contributed by atoms with Gasteiger partial charge in [0.05, 0.1) is 12.4 Å². The second-order valence-electron chi connectivity index (χ2n) is 6.04. The molecule has 0 spiro atoms. The average molecular weight is 291 g/mol. The Morgan fingerprint density at radius 3 is 2.95 bits per heavy atom. The standard InChI is InChI=1S/C15H21N3O3/c1-10(19)8-15(2,3)9-16-14(20)12-7-11(17-18-12)13-5-4-6-21-13/h4-7,10,19H,8-9H2,1-3H3,(H,16,20)(H,17,18). The molecule has 3 N–H and O–H groups in total. The van der Waals surface area contributed by atoms with E-state index in [-0.39, 0.29) is 11.3 Å². The first kappa shape index (κ1) is 15.3. The number of aliphatic hydroxyl groups is 1. The Labute approximate surface area is 123 Å². The Kier molecular flexibility index (Phi) is 4.47. The number of carbonyl (C=O) groups excluding carboxylic acids is 1. The fraction of sp³-hybridized carbons (Fsp3) is 0.467. The van der Waals surface area contributed by atoms with Gasteiger partial charge in [0.25, 0.3) is 5.91 Å². The van der Waals surface area contributed by atoms with Gasteiger partial charge in [-0.3, -0.25) is 9.89 Å². The topological polar surface area (TPSA) is 91.1 Å². The summed E-state index contributed by atoms with van der Waals surface area (Å²) in [6.45, 7) is 6.21. The molecule has 0 fully saturated rings. The lowest BCUT2D eigenvalue weighted by molar-refractivity contribution is 0.0897. The molecule has 2 aromatic heterocycles. The number of aromatic amines is 1. The fourth-order valence-electron chi connectivity index (χ4n) is 2.28. The third kappa shape index (κ3) is 4.19. The number of aromatic nitrogens is 2. The number of carbonyl (C=O) groups is 1. The Bertz CT molecular complexity index is 585. The van der Waals surface area contributed by atoms with Crippen LogP contribution in [-0.2, 0) is 0 Å². The first-order chi connectivity index (χ1) is 9.87. The van der Waals surface area contributed by atoms with Gasteiger partial charge in [0.1, 0.15) is 5.69 Å². The minimum atomic E-state index is -0.396. The summed E-state index contributed by atoms with van der Waals surface area (Å²) < 4.78 is 5.24. The fourth-order valence-corrected chi connectivity index (χ4v) is 2.28. The summed E-state index contributed by atoms with van der Waals surface area (Å²) in [4.78, 5) is 12.1. The molecule has 2 rings (SSSR count). The van der Waals surface area contributed by atoms with Crippen molar-refractivity contribution in [3.63, 3.8) is 0 Å². The zero-order valence-electron chi connectivity index (χ0n) is 12.5. The molecule has 6 nitrogen and oxygen atoms in total. The van der Waals surface area contributed by atoms with Gasteiger partial charge in [0.2, 0.25) is 0 Å². The molecule has 0 saturated carbocycles. The maximum absolute atomic E-state index is 12.1. The van der Waals surface area contributed by atoms with Gasteiger partial charge < -0.3 is 14.8 Å². The quantitative estimate of drug-likeness (QED) is 0.761. The first-order valence-electron chi connectivity index (χ1n) is 6.93. The van der Waals surface area contributed by atoms with Crippen molar-refractivity contribution in [1.82, 2.24) is 15.5 Å². The molecule has 21 heavy (non-hydrogen) atoms. The highest BCUT2D eigenvalue weighted by molar-refractivity contribution is 5.93. The zero-order valence-corrected chi connectivity index (χ0v) is 12.5. The van der Waals surface area contributed by atoms with Gasteiger partial charge >= 0.3 is 0 Å². The van der Waals surface area contributed by atoms with Crippen LogP contribution in [0.15, 0.2) is 28.9 Å². The summed E-state index contributed by atoms with van der Waals surface area (Å²) in [6, 6.07) is 5.21. The molecule has 0 aliphatic carbocycles. The highest BCUT2D eigenvalue weighted by Gasteiger charge is 2.22. The molecule has 114 valence electrons. The SMILES string of the molecule is CC(O)CC(C)(C)CNC(=O)c1cc(-c2ccco2)[nH]n1. The Balaban J connectivity index is 1.95. The number of nitrogens with zero attached hydrogens (tertiary/aromatic N) is 1. The van der Waals surface area contributed by atoms with Gasteiger partial charge in [0.15, 0.2) is 11.5 Å². The predicted octanol–water partition coefficient (Wildman–Crippen LogP) is 2.20. The summed E-state index contributed by atoms with van der Waals surface area (Å²) in [5.74, 6) is 0.388. The van der Waals surface area contributed by atoms with E-state index >= 15 is 0 Å². The predicted molar refractivity (Wildman–Crippen MR) is 78.7 cm³/mol. The summed E-state index contributed by atoms with van der Waals surface area (Å²) >= 11 is 0. The van der Waals surface area contributed by atoms with Gasteiger partial charge in [-0.15, -0.1) is 0 Å². The monoisotopic (exact) mass is 291 g/mol. The van der Waals surface area contributed by atoms with E-state index in [0.29, 0.717) is 30.1 Å². The van der Waals surface area contributed by atoms with Crippen LogP contribution in [0.5, 0.6) is 0 Å².